The summed E-state index contributed by atoms with van der Waals surface area (Å²) in [6.45, 7) is 8.45. The first kappa shape index (κ1) is 21.9. The van der Waals surface area contributed by atoms with Crippen molar-refractivity contribution in [3.8, 4) is 0 Å². The van der Waals surface area contributed by atoms with Crippen molar-refractivity contribution in [3.63, 3.8) is 0 Å². The number of thiazole rings is 1. The van der Waals surface area contributed by atoms with Crippen LogP contribution in [-0.2, 0) is 13.0 Å². The fraction of sp³-hybridized carbons (Fsp3) is 0.476. The number of nitrogens with one attached hydrogen (secondary N) is 2. The van der Waals surface area contributed by atoms with Crippen LogP contribution in [0.2, 0.25) is 0 Å². The number of aliphatic imine (C=N–C) groups is 1. The molecule has 2 aromatic rings. The Kier molecular flexibility index (Phi) is 8.44. The van der Waals surface area contributed by atoms with Crippen molar-refractivity contribution in [1.29, 1.82) is 0 Å². The Morgan fingerprint density at radius 1 is 1.29 bits per heavy atom. The normalized spacial score (nSPS) is 11.6. The average molecular weight is 402 g/mol. The molecule has 6 nitrogen and oxygen atoms in total. The minimum Gasteiger partial charge on any atom is -0.357 e. The summed E-state index contributed by atoms with van der Waals surface area (Å²) in [5, 5.41) is 9.76. The minimum absolute atomic E-state index is 0.0222. The summed E-state index contributed by atoms with van der Waals surface area (Å²) in [4.78, 5) is 23.0. The molecule has 0 aliphatic rings. The number of carbonyl (C=O) groups excluding carboxylic acids is 1. The quantitative estimate of drug-likeness (QED) is 0.526. The second-order valence-corrected chi connectivity index (χ2v) is 8.04. The molecule has 28 heavy (non-hydrogen) atoms. The topological polar surface area (TPSA) is 69.6 Å². The highest BCUT2D eigenvalue weighted by molar-refractivity contribution is 7.09. The lowest BCUT2D eigenvalue weighted by Crippen LogP contribution is -2.38. The second-order valence-electron chi connectivity index (χ2n) is 7.09. The van der Waals surface area contributed by atoms with Gasteiger partial charge >= 0.3 is 0 Å². The molecule has 0 bridgehead atoms. The maximum atomic E-state index is 12.1. The van der Waals surface area contributed by atoms with Gasteiger partial charge in [0.1, 0.15) is 5.01 Å². The van der Waals surface area contributed by atoms with Crippen LogP contribution in [0.15, 0.2) is 34.6 Å². The molecule has 0 saturated heterocycles. The Bertz CT molecular complexity index is 798. The van der Waals surface area contributed by atoms with E-state index < -0.39 is 0 Å². The van der Waals surface area contributed by atoms with E-state index in [4.69, 9.17) is 0 Å². The number of guanidine groups is 1. The zero-order valence-electron chi connectivity index (χ0n) is 17.5. The molecule has 7 heteroatoms. The zero-order valence-corrected chi connectivity index (χ0v) is 18.3. The van der Waals surface area contributed by atoms with Crippen molar-refractivity contribution in [2.45, 2.75) is 39.7 Å². The molecule has 1 aromatic carbocycles. The maximum Gasteiger partial charge on any atom is 0.253 e. The molecule has 0 aliphatic carbocycles. The van der Waals surface area contributed by atoms with Crippen LogP contribution in [0.5, 0.6) is 0 Å². The summed E-state index contributed by atoms with van der Waals surface area (Å²) in [6, 6.07) is 7.78. The third-order valence-electron chi connectivity index (χ3n) is 4.16. The maximum absolute atomic E-state index is 12.1. The molecule has 0 spiro atoms. The summed E-state index contributed by atoms with van der Waals surface area (Å²) in [5.41, 5.74) is 2.96. The molecule has 2 N–H and O–H groups in total. The SMILES string of the molecule is CCNC(=NCc1nc(C(C)C)cs1)NCCc1cccc(C(=O)N(C)C)c1. The molecule has 0 saturated carbocycles. The van der Waals surface area contributed by atoms with E-state index in [1.165, 1.54) is 0 Å². The molecular formula is C21H31N5OS. The van der Waals surface area contributed by atoms with E-state index in [1.807, 2.05) is 31.2 Å². The number of amides is 1. The van der Waals surface area contributed by atoms with E-state index in [1.54, 1.807) is 30.3 Å². The highest BCUT2D eigenvalue weighted by Crippen LogP contribution is 2.18. The van der Waals surface area contributed by atoms with Gasteiger partial charge in [-0.15, -0.1) is 11.3 Å². The van der Waals surface area contributed by atoms with Crippen molar-refractivity contribution in [1.82, 2.24) is 20.5 Å². The molecule has 1 heterocycles. The highest BCUT2D eigenvalue weighted by atomic mass is 32.1. The van der Waals surface area contributed by atoms with Crippen LogP contribution in [0.1, 0.15) is 53.3 Å². The predicted octanol–water partition coefficient (Wildman–Crippen LogP) is 3.27. The van der Waals surface area contributed by atoms with Gasteiger partial charge in [0, 0.05) is 38.1 Å². The van der Waals surface area contributed by atoms with E-state index in [2.05, 4.69) is 39.8 Å². The monoisotopic (exact) mass is 401 g/mol. The van der Waals surface area contributed by atoms with Crippen LogP contribution in [0.25, 0.3) is 0 Å². The number of rotatable bonds is 8. The summed E-state index contributed by atoms with van der Waals surface area (Å²) >= 11 is 1.66. The van der Waals surface area contributed by atoms with E-state index in [9.17, 15) is 4.79 Å². The van der Waals surface area contributed by atoms with Gasteiger partial charge in [0.2, 0.25) is 0 Å². The van der Waals surface area contributed by atoms with E-state index in [0.717, 1.165) is 41.7 Å². The fourth-order valence-electron chi connectivity index (χ4n) is 2.59. The highest BCUT2D eigenvalue weighted by Gasteiger charge is 2.08. The molecular weight excluding hydrogens is 370 g/mol. The first-order valence-electron chi connectivity index (χ1n) is 9.67. The molecule has 152 valence electrons. The van der Waals surface area contributed by atoms with Gasteiger partial charge in [-0.25, -0.2) is 9.98 Å². The molecule has 2 rings (SSSR count). The smallest absolute Gasteiger partial charge is 0.253 e. The zero-order chi connectivity index (χ0) is 20.5. The van der Waals surface area contributed by atoms with Crippen LogP contribution >= 0.6 is 11.3 Å². The fourth-order valence-corrected chi connectivity index (χ4v) is 3.47. The Morgan fingerprint density at radius 3 is 2.71 bits per heavy atom. The molecule has 0 aliphatic heterocycles. The second kappa shape index (κ2) is 10.8. The van der Waals surface area contributed by atoms with Crippen LogP contribution in [0.4, 0.5) is 0 Å². The Morgan fingerprint density at radius 2 is 2.07 bits per heavy atom. The van der Waals surface area contributed by atoms with Gasteiger partial charge in [0.25, 0.3) is 5.91 Å². The number of hydrogen-bond acceptors (Lipinski definition) is 4. The lowest BCUT2D eigenvalue weighted by molar-refractivity contribution is 0.0827. The van der Waals surface area contributed by atoms with Gasteiger partial charge in [0.05, 0.1) is 12.2 Å². The van der Waals surface area contributed by atoms with Gasteiger partial charge in [-0.1, -0.05) is 26.0 Å². The van der Waals surface area contributed by atoms with Crippen LogP contribution < -0.4 is 10.6 Å². The summed E-state index contributed by atoms with van der Waals surface area (Å²) in [5.74, 6) is 1.24. The van der Waals surface area contributed by atoms with Crippen LogP contribution in [0.3, 0.4) is 0 Å². The van der Waals surface area contributed by atoms with Crippen molar-refractivity contribution in [2.75, 3.05) is 27.2 Å². The standard InChI is InChI=1S/C21H31N5OS/c1-6-22-21(24-13-19-25-18(14-28-19)15(2)3)23-11-10-16-8-7-9-17(12-16)20(27)26(4)5/h7-9,12,14-15H,6,10-11,13H2,1-5H3,(H2,22,23,24). The Balaban J connectivity index is 1.92. The van der Waals surface area contributed by atoms with E-state index >= 15 is 0 Å². The first-order chi connectivity index (χ1) is 13.4. The molecule has 0 atom stereocenters. The van der Waals surface area contributed by atoms with Gasteiger partial charge in [-0.05, 0) is 37.0 Å². The average Bonchev–Trinajstić information content (AvgIpc) is 3.15. The Hall–Kier alpha value is -2.41. The summed E-state index contributed by atoms with van der Waals surface area (Å²) in [7, 11) is 3.53. The molecule has 1 amide bonds. The minimum atomic E-state index is 0.0222. The van der Waals surface area contributed by atoms with Crippen LogP contribution in [-0.4, -0.2) is 48.9 Å². The number of hydrogen-bond donors (Lipinski definition) is 2. The van der Waals surface area contributed by atoms with Crippen molar-refractivity contribution in [3.05, 3.63) is 51.5 Å². The summed E-state index contributed by atoms with van der Waals surface area (Å²) < 4.78 is 0. The molecule has 1 aromatic heterocycles. The molecule has 0 unspecified atom stereocenters. The predicted molar refractivity (Wildman–Crippen MR) is 117 cm³/mol. The third-order valence-corrected chi connectivity index (χ3v) is 5.02. The molecule has 0 radical (unpaired) electrons. The number of carbonyl (C=O) groups is 1. The van der Waals surface area contributed by atoms with Gasteiger partial charge in [0.15, 0.2) is 5.96 Å². The largest absolute Gasteiger partial charge is 0.357 e. The summed E-state index contributed by atoms with van der Waals surface area (Å²) in [6.07, 6.45) is 0.813. The van der Waals surface area contributed by atoms with E-state index in [-0.39, 0.29) is 5.91 Å². The first-order valence-corrected chi connectivity index (χ1v) is 10.6. The van der Waals surface area contributed by atoms with Crippen LogP contribution in [0, 0.1) is 0 Å². The van der Waals surface area contributed by atoms with Gasteiger partial charge < -0.3 is 15.5 Å². The van der Waals surface area contributed by atoms with Gasteiger partial charge in [-0.2, -0.15) is 0 Å². The number of benzene rings is 1. The lowest BCUT2D eigenvalue weighted by atomic mass is 10.1. The van der Waals surface area contributed by atoms with Crippen molar-refractivity contribution >= 4 is 23.2 Å². The Labute approximate surface area is 172 Å². The third kappa shape index (κ3) is 6.64. The number of nitrogens with zero attached hydrogens (tertiary/aromatic N) is 3. The van der Waals surface area contributed by atoms with E-state index in [0.29, 0.717) is 18.0 Å². The number of aromatic nitrogens is 1. The van der Waals surface area contributed by atoms with Crippen molar-refractivity contribution < 1.29 is 4.79 Å². The van der Waals surface area contributed by atoms with Crippen molar-refractivity contribution in [2.24, 2.45) is 4.99 Å². The van der Waals surface area contributed by atoms with Gasteiger partial charge in [-0.3, -0.25) is 4.79 Å². The molecule has 0 fully saturated rings. The lowest BCUT2D eigenvalue weighted by Gasteiger charge is -2.13.